The van der Waals surface area contributed by atoms with Crippen molar-refractivity contribution < 1.29 is 13.7 Å². The van der Waals surface area contributed by atoms with E-state index in [0.29, 0.717) is 10.2 Å². The standard InChI is InChI=1S/C11H9BrF2N4O2/c12-7-3-8(5-9(4-7)18(19)20)16-6-10-15-1-2-17(10)11(13)14/h1-5,11,16H,6H2. The van der Waals surface area contributed by atoms with Crippen molar-refractivity contribution >= 4 is 27.3 Å². The summed E-state index contributed by atoms with van der Waals surface area (Å²) in [4.78, 5) is 14.0. The molecular weight excluding hydrogens is 338 g/mol. The van der Waals surface area contributed by atoms with Crippen molar-refractivity contribution in [2.75, 3.05) is 5.32 Å². The minimum Gasteiger partial charge on any atom is -0.378 e. The van der Waals surface area contributed by atoms with E-state index in [1.54, 1.807) is 6.07 Å². The maximum Gasteiger partial charge on any atom is 0.319 e. The van der Waals surface area contributed by atoms with Gasteiger partial charge in [0.05, 0.1) is 11.5 Å². The summed E-state index contributed by atoms with van der Waals surface area (Å²) in [6.07, 6.45) is 2.44. The number of non-ortho nitro benzene ring substituents is 1. The Morgan fingerprint density at radius 2 is 2.20 bits per heavy atom. The molecule has 1 aromatic carbocycles. The predicted molar refractivity (Wildman–Crippen MR) is 71.6 cm³/mol. The highest BCUT2D eigenvalue weighted by Crippen LogP contribution is 2.25. The minimum atomic E-state index is -2.67. The monoisotopic (exact) mass is 346 g/mol. The van der Waals surface area contributed by atoms with Gasteiger partial charge in [0.1, 0.15) is 5.82 Å². The maximum atomic E-state index is 12.6. The average molecular weight is 347 g/mol. The number of nitro groups is 1. The van der Waals surface area contributed by atoms with Crippen LogP contribution in [0.15, 0.2) is 35.1 Å². The van der Waals surface area contributed by atoms with E-state index in [0.717, 1.165) is 4.57 Å². The van der Waals surface area contributed by atoms with Crippen molar-refractivity contribution in [2.45, 2.75) is 13.1 Å². The Bertz CT molecular complexity index is 633. The molecule has 0 saturated carbocycles. The molecule has 9 heteroatoms. The first-order chi connectivity index (χ1) is 9.47. The van der Waals surface area contributed by atoms with Crippen LogP contribution >= 0.6 is 15.9 Å². The van der Waals surface area contributed by atoms with Gasteiger partial charge in [-0.1, -0.05) is 15.9 Å². The van der Waals surface area contributed by atoms with E-state index in [4.69, 9.17) is 0 Å². The second-order valence-electron chi connectivity index (χ2n) is 3.84. The van der Waals surface area contributed by atoms with E-state index in [9.17, 15) is 18.9 Å². The quantitative estimate of drug-likeness (QED) is 0.663. The van der Waals surface area contributed by atoms with Gasteiger partial charge in [0.25, 0.3) is 5.69 Å². The summed E-state index contributed by atoms with van der Waals surface area (Å²) in [5.74, 6) is 0.141. The van der Waals surface area contributed by atoms with Gasteiger partial charge in [-0.3, -0.25) is 14.7 Å². The van der Waals surface area contributed by atoms with Gasteiger partial charge in [0, 0.05) is 34.7 Å². The highest BCUT2D eigenvalue weighted by Gasteiger charge is 2.12. The second kappa shape index (κ2) is 5.95. The zero-order chi connectivity index (χ0) is 14.7. The van der Waals surface area contributed by atoms with Gasteiger partial charge in [-0.2, -0.15) is 8.78 Å². The number of anilines is 1. The average Bonchev–Trinajstić information content (AvgIpc) is 2.84. The highest BCUT2D eigenvalue weighted by atomic mass is 79.9. The molecule has 1 N–H and O–H groups in total. The Kier molecular flexibility index (Phi) is 4.28. The van der Waals surface area contributed by atoms with E-state index < -0.39 is 11.5 Å². The highest BCUT2D eigenvalue weighted by molar-refractivity contribution is 9.10. The van der Waals surface area contributed by atoms with Crippen LogP contribution in [0.4, 0.5) is 20.2 Å². The van der Waals surface area contributed by atoms with Crippen molar-refractivity contribution in [2.24, 2.45) is 0 Å². The number of benzene rings is 1. The van der Waals surface area contributed by atoms with Gasteiger partial charge < -0.3 is 5.32 Å². The fraction of sp³-hybridized carbons (Fsp3) is 0.182. The van der Waals surface area contributed by atoms with Crippen molar-refractivity contribution in [3.63, 3.8) is 0 Å². The molecular formula is C11H9BrF2N4O2. The topological polar surface area (TPSA) is 73.0 Å². The largest absolute Gasteiger partial charge is 0.378 e. The number of alkyl halides is 2. The molecule has 0 unspecified atom stereocenters. The Hall–Kier alpha value is -2.03. The fourth-order valence-electron chi connectivity index (χ4n) is 1.62. The van der Waals surface area contributed by atoms with Crippen LogP contribution in [0, 0.1) is 10.1 Å². The van der Waals surface area contributed by atoms with Gasteiger partial charge in [0.2, 0.25) is 0 Å². The van der Waals surface area contributed by atoms with Crippen LogP contribution < -0.4 is 5.32 Å². The molecule has 0 aliphatic heterocycles. The third-order valence-electron chi connectivity index (χ3n) is 2.50. The zero-order valence-corrected chi connectivity index (χ0v) is 11.5. The zero-order valence-electron chi connectivity index (χ0n) is 9.96. The normalized spacial score (nSPS) is 10.8. The summed E-state index contributed by atoms with van der Waals surface area (Å²) in [6, 6.07) is 4.29. The van der Waals surface area contributed by atoms with Gasteiger partial charge in [-0.15, -0.1) is 0 Å². The van der Waals surface area contributed by atoms with Crippen LogP contribution in [-0.2, 0) is 6.54 Å². The van der Waals surface area contributed by atoms with Crippen LogP contribution in [0.25, 0.3) is 0 Å². The molecule has 0 saturated heterocycles. The number of nitrogens with one attached hydrogen (secondary N) is 1. The van der Waals surface area contributed by atoms with Crippen molar-refractivity contribution in [3.05, 3.63) is 51.0 Å². The van der Waals surface area contributed by atoms with E-state index in [1.165, 1.54) is 24.5 Å². The third-order valence-corrected chi connectivity index (χ3v) is 2.96. The number of nitrogens with zero attached hydrogens (tertiary/aromatic N) is 3. The van der Waals surface area contributed by atoms with Crippen LogP contribution in [-0.4, -0.2) is 14.5 Å². The minimum absolute atomic E-state index is 0.0327. The number of hydrogen-bond donors (Lipinski definition) is 1. The Labute approximate surface area is 120 Å². The van der Waals surface area contributed by atoms with Crippen LogP contribution in [0.5, 0.6) is 0 Å². The van der Waals surface area contributed by atoms with Crippen LogP contribution in [0.1, 0.15) is 12.4 Å². The predicted octanol–water partition coefficient (Wildman–Crippen LogP) is 3.56. The Morgan fingerprint density at radius 1 is 1.45 bits per heavy atom. The number of aromatic nitrogens is 2. The van der Waals surface area contributed by atoms with Gasteiger partial charge >= 0.3 is 6.55 Å². The first-order valence-corrected chi connectivity index (χ1v) is 6.25. The molecule has 0 fully saturated rings. The molecule has 0 amide bonds. The smallest absolute Gasteiger partial charge is 0.319 e. The Morgan fingerprint density at radius 3 is 2.85 bits per heavy atom. The molecule has 0 radical (unpaired) electrons. The molecule has 0 aliphatic rings. The summed E-state index contributed by atoms with van der Waals surface area (Å²) in [7, 11) is 0. The number of nitro benzene ring substituents is 1. The van der Waals surface area contributed by atoms with Gasteiger partial charge in [-0.05, 0) is 6.07 Å². The van der Waals surface area contributed by atoms with Gasteiger partial charge in [-0.25, -0.2) is 4.98 Å². The molecule has 2 rings (SSSR count). The number of imidazole rings is 1. The fourth-order valence-corrected chi connectivity index (χ4v) is 2.10. The van der Waals surface area contributed by atoms with E-state index in [2.05, 4.69) is 26.2 Å². The molecule has 106 valence electrons. The molecule has 0 aliphatic carbocycles. The maximum absolute atomic E-state index is 12.6. The summed E-state index contributed by atoms with van der Waals surface area (Å²) in [6.45, 7) is -2.64. The number of halogens is 3. The lowest BCUT2D eigenvalue weighted by molar-refractivity contribution is -0.384. The second-order valence-corrected chi connectivity index (χ2v) is 4.75. The molecule has 20 heavy (non-hydrogen) atoms. The lowest BCUT2D eigenvalue weighted by Gasteiger charge is -2.09. The van der Waals surface area contributed by atoms with Gasteiger partial charge in [0.15, 0.2) is 0 Å². The lowest BCUT2D eigenvalue weighted by atomic mass is 10.3. The molecule has 0 spiro atoms. The molecule has 6 nitrogen and oxygen atoms in total. The summed E-state index contributed by atoms with van der Waals surface area (Å²) in [5.41, 5.74) is 0.342. The van der Waals surface area contributed by atoms with Crippen LogP contribution in [0.2, 0.25) is 0 Å². The first kappa shape index (κ1) is 14.4. The third kappa shape index (κ3) is 3.29. The molecule has 0 atom stereocenters. The molecule has 2 aromatic rings. The van der Waals surface area contributed by atoms with E-state index >= 15 is 0 Å². The lowest BCUT2D eigenvalue weighted by Crippen LogP contribution is -2.09. The van der Waals surface area contributed by atoms with E-state index in [1.807, 2.05) is 0 Å². The van der Waals surface area contributed by atoms with E-state index in [-0.39, 0.29) is 18.1 Å². The first-order valence-electron chi connectivity index (χ1n) is 5.46. The summed E-state index contributed by atoms with van der Waals surface area (Å²) < 4.78 is 26.5. The summed E-state index contributed by atoms with van der Waals surface area (Å²) >= 11 is 3.15. The number of rotatable bonds is 5. The summed E-state index contributed by atoms with van der Waals surface area (Å²) in [5, 5.41) is 13.6. The molecule has 0 bridgehead atoms. The number of hydrogen-bond acceptors (Lipinski definition) is 4. The Balaban J connectivity index is 2.14. The van der Waals surface area contributed by atoms with Crippen molar-refractivity contribution in [1.29, 1.82) is 0 Å². The van der Waals surface area contributed by atoms with Crippen molar-refractivity contribution in [1.82, 2.24) is 9.55 Å². The SMILES string of the molecule is O=[N+]([O-])c1cc(Br)cc(NCc2nccn2C(F)F)c1. The van der Waals surface area contributed by atoms with Crippen LogP contribution in [0.3, 0.4) is 0 Å². The molecule has 1 heterocycles. The van der Waals surface area contributed by atoms with Crippen molar-refractivity contribution in [3.8, 4) is 0 Å². The molecule has 1 aromatic heterocycles.